The Hall–Kier alpha value is -2.67. The smallest absolute Gasteiger partial charge is 0.290 e. The number of carbonyl (C=O) groups excluding carboxylic acids is 1. The number of rotatable bonds is 4. The van der Waals surface area contributed by atoms with Gasteiger partial charge in [0.05, 0.1) is 15.6 Å². The summed E-state index contributed by atoms with van der Waals surface area (Å²) in [7, 11) is 1.77. The van der Waals surface area contributed by atoms with Gasteiger partial charge < -0.3 is 9.80 Å². The number of hydrogen-bond acceptors (Lipinski definition) is 5. The number of benzene rings is 1. The highest BCUT2D eigenvalue weighted by Crippen LogP contribution is 2.31. The number of para-hydroxylation sites is 1. The molecule has 1 atom stereocenters. The van der Waals surface area contributed by atoms with Gasteiger partial charge in [0.15, 0.2) is 0 Å². The molecule has 0 spiro atoms. The summed E-state index contributed by atoms with van der Waals surface area (Å²) in [6, 6.07) is 8.47. The SMILES string of the molecule is Cc1cc(N(C)C2CCN(c3ccccc3Cl)C2=O)ncc1[N+](=O)[O-]. The van der Waals surface area contributed by atoms with E-state index < -0.39 is 4.92 Å². The van der Waals surface area contributed by atoms with E-state index in [0.717, 1.165) is 0 Å². The standard InChI is InChI=1S/C17H17ClN4O3/c1-11-9-16(19-10-15(11)22(24)25)20(2)14-7-8-21(17(14)23)13-6-4-3-5-12(13)18/h3-6,9-10,14H,7-8H2,1-2H3. The van der Waals surface area contributed by atoms with Crippen LogP contribution in [0.25, 0.3) is 0 Å². The summed E-state index contributed by atoms with van der Waals surface area (Å²) >= 11 is 6.20. The van der Waals surface area contributed by atoms with Crippen molar-refractivity contribution in [3.63, 3.8) is 0 Å². The van der Waals surface area contributed by atoms with Crippen LogP contribution in [0, 0.1) is 17.0 Å². The summed E-state index contributed by atoms with van der Waals surface area (Å²) in [4.78, 5) is 30.8. The van der Waals surface area contributed by atoms with Gasteiger partial charge in [-0.05, 0) is 31.5 Å². The van der Waals surface area contributed by atoms with Crippen LogP contribution in [0.15, 0.2) is 36.5 Å². The van der Waals surface area contributed by atoms with E-state index in [1.807, 2.05) is 18.2 Å². The number of aromatic nitrogens is 1. The summed E-state index contributed by atoms with van der Waals surface area (Å²) in [5.74, 6) is 0.468. The van der Waals surface area contributed by atoms with E-state index in [0.29, 0.717) is 35.1 Å². The Morgan fingerprint density at radius 2 is 2.12 bits per heavy atom. The third-order valence-electron chi connectivity index (χ3n) is 4.41. The molecule has 1 unspecified atom stereocenters. The van der Waals surface area contributed by atoms with E-state index in [1.54, 1.807) is 35.9 Å². The molecule has 1 aliphatic heterocycles. The maximum absolute atomic E-state index is 12.8. The van der Waals surface area contributed by atoms with E-state index >= 15 is 0 Å². The van der Waals surface area contributed by atoms with E-state index in [2.05, 4.69) is 4.98 Å². The first-order valence-electron chi connectivity index (χ1n) is 7.80. The molecule has 1 saturated heterocycles. The molecule has 7 nitrogen and oxygen atoms in total. The molecule has 0 radical (unpaired) electrons. The molecule has 130 valence electrons. The second-order valence-electron chi connectivity index (χ2n) is 5.94. The molecule has 2 aromatic rings. The van der Waals surface area contributed by atoms with Gasteiger partial charge >= 0.3 is 0 Å². The van der Waals surface area contributed by atoms with Gasteiger partial charge in [0.2, 0.25) is 5.91 Å². The zero-order valence-electron chi connectivity index (χ0n) is 13.8. The van der Waals surface area contributed by atoms with Crippen LogP contribution in [-0.4, -0.2) is 35.4 Å². The number of likely N-dealkylation sites (N-methyl/N-ethyl adjacent to an activating group) is 1. The third-order valence-corrected chi connectivity index (χ3v) is 4.73. The number of pyridine rings is 1. The van der Waals surface area contributed by atoms with Gasteiger partial charge in [-0.15, -0.1) is 0 Å². The van der Waals surface area contributed by atoms with Crippen LogP contribution < -0.4 is 9.80 Å². The van der Waals surface area contributed by atoms with Gasteiger partial charge in [0.25, 0.3) is 5.69 Å². The van der Waals surface area contributed by atoms with Crippen LogP contribution in [0.5, 0.6) is 0 Å². The quantitative estimate of drug-likeness (QED) is 0.618. The van der Waals surface area contributed by atoms with Crippen LogP contribution in [0.1, 0.15) is 12.0 Å². The zero-order valence-corrected chi connectivity index (χ0v) is 14.6. The van der Waals surface area contributed by atoms with Crippen LogP contribution in [0.3, 0.4) is 0 Å². The Morgan fingerprint density at radius 3 is 2.76 bits per heavy atom. The normalized spacial score (nSPS) is 17.0. The minimum Gasteiger partial charge on any atom is -0.348 e. The Morgan fingerprint density at radius 1 is 1.40 bits per heavy atom. The van der Waals surface area contributed by atoms with Gasteiger partial charge in [-0.2, -0.15) is 0 Å². The molecule has 25 heavy (non-hydrogen) atoms. The second kappa shape index (κ2) is 6.68. The van der Waals surface area contributed by atoms with Crippen molar-refractivity contribution >= 4 is 34.7 Å². The molecule has 1 aromatic heterocycles. The van der Waals surface area contributed by atoms with Crippen molar-refractivity contribution in [3.8, 4) is 0 Å². The van der Waals surface area contributed by atoms with Crippen LogP contribution in [-0.2, 0) is 4.79 Å². The first-order chi connectivity index (χ1) is 11.9. The average molecular weight is 361 g/mol. The molecule has 1 aliphatic rings. The summed E-state index contributed by atoms with van der Waals surface area (Å²) < 4.78 is 0. The number of hydrogen-bond donors (Lipinski definition) is 0. The first-order valence-corrected chi connectivity index (χ1v) is 8.17. The third kappa shape index (κ3) is 3.15. The maximum atomic E-state index is 12.8. The number of halogens is 1. The second-order valence-corrected chi connectivity index (χ2v) is 6.35. The summed E-state index contributed by atoms with van der Waals surface area (Å²) in [6.45, 7) is 2.22. The lowest BCUT2D eigenvalue weighted by molar-refractivity contribution is -0.385. The van der Waals surface area contributed by atoms with Crippen molar-refractivity contribution in [2.45, 2.75) is 19.4 Å². The van der Waals surface area contributed by atoms with Crippen LogP contribution in [0.2, 0.25) is 5.02 Å². The topological polar surface area (TPSA) is 79.6 Å². The van der Waals surface area contributed by atoms with Gasteiger partial charge in [0.1, 0.15) is 18.1 Å². The highest BCUT2D eigenvalue weighted by molar-refractivity contribution is 6.34. The Bertz CT molecular complexity index is 842. The number of nitro groups is 1. The van der Waals surface area contributed by atoms with E-state index in [9.17, 15) is 14.9 Å². The van der Waals surface area contributed by atoms with Crippen molar-refractivity contribution in [1.29, 1.82) is 0 Å². The molecule has 8 heteroatoms. The van der Waals surface area contributed by atoms with Gasteiger partial charge in [-0.25, -0.2) is 4.98 Å². The van der Waals surface area contributed by atoms with Crippen molar-refractivity contribution < 1.29 is 9.72 Å². The highest BCUT2D eigenvalue weighted by atomic mass is 35.5. The lowest BCUT2D eigenvalue weighted by Gasteiger charge is -2.25. The van der Waals surface area contributed by atoms with Crippen molar-refractivity contribution in [1.82, 2.24) is 4.98 Å². The largest absolute Gasteiger partial charge is 0.348 e. The van der Waals surface area contributed by atoms with Crippen molar-refractivity contribution in [3.05, 3.63) is 57.2 Å². The monoisotopic (exact) mass is 360 g/mol. The lowest BCUT2D eigenvalue weighted by Crippen LogP contribution is -2.40. The molecule has 0 aliphatic carbocycles. The molecule has 1 aromatic carbocycles. The molecule has 2 heterocycles. The van der Waals surface area contributed by atoms with Crippen LogP contribution in [0.4, 0.5) is 17.2 Å². The zero-order chi connectivity index (χ0) is 18.1. The van der Waals surface area contributed by atoms with Crippen molar-refractivity contribution in [2.75, 3.05) is 23.4 Å². The Balaban J connectivity index is 1.83. The van der Waals surface area contributed by atoms with Crippen LogP contribution >= 0.6 is 11.6 Å². The summed E-state index contributed by atoms with van der Waals surface area (Å²) in [6.07, 6.45) is 1.85. The number of nitrogens with zero attached hydrogens (tertiary/aromatic N) is 4. The fourth-order valence-electron chi connectivity index (χ4n) is 3.01. The van der Waals surface area contributed by atoms with Gasteiger partial charge in [-0.1, -0.05) is 23.7 Å². The molecule has 1 fully saturated rings. The Labute approximate surface area is 150 Å². The lowest BCUT2D eigenvalue weighted by atomic mass is 10.2. The summed E-state index contributed by atoms with van der Waals surface area (Å²) in [5.41, 5.74) is 1.17. The molecule has 0 saturated carbocycles. The molecule has 0 N–H and O–H groups in total. The molecular formula is C17H17ClN4O3. The fraction of sp³-hybridized carbons (Fsp3) is 0.294. The molecule has 1 amide bonds. The molecule has 3 rings (SSSR count). The first kappa shape index (κ1) is 17.2. The molecule has 0 bridgehead atoms. The number of carbonyl (C=O) groups is 1. The molecular weight excluding hydrogens is 344 g/mol. The highest BCUT2D eigenvalue weighted by Gasteiger charge is 2.36. The predicted molar refractivity (Wildman–Crippen MR) is 96.2 cm³/mol. The number of amides is 1. The van der Waals surface area contributed by atoms with Gasteiger partial charge in [-0.3, -0.25) is 14.9 Å². The van der Waals surface area contributed by atoms with Crippen molar-refractivity contribution in [2.24, 2.45) is 0 Å². The minimum atomic E-state index is -0.466. The Kier molecular flexibility index (Phi) is 4.59. The minimum absolute atomic E-state index is 0.0346. The van der Waals surface area contributed by atoms with Gasteiger partial charge in [0, 0.05) is 19.2 Å². The number of anilines is 2. The number of aryl methyl sites for hydroxylation is 1. The predicted octanol–water partition coefficient (Wildman–Crippen LogP) is 3.19. The van der Waals surface area contributed by atoms with E-state index in [-0.39, 0.29) is 17.6 Å². The summed E-state index contributed by atoms with van der Waals surface area (Å²) in [5, 5.41) is 11.5. The maximum Gasteiger partial charge on any atom is 0.290 e. The average Bonchev–Trinajstić information content (AvgIpc) is 2.95. The fourth-order valence-corrected chi connectivity index (χ4v) is 3.25. The van der Waals surface area contributed by atoms with E-state index in [1.165, 1.54) is 6.20 Å². The van der Waals surface area contributed by atoms with E-state index in [4.69, 9.17) is 11.6 Å².